The number of halogens is 2. The van der Waals surface area contributed by atoms with Crippen LogP contribution in [0.15, 0.2) is 48.5 Å². The van der Waals surface area contributed by atoms with Gasteiger partial charge in [0.1, 0.15) is 11.6 Å². The number of aliphatic hydroxyl groups is 1. The molecule has 122 valence electrons. The number of anilines is 1. The largest absolute Gasteiger partial charge is 0.388 e. The molecule has 2 aromatic carbocycles. The molecule has 2 unspecified atom stereocenters. The molecular formula is C17H18F2N2O2. The van der Waals surface area contributed by atoms with E-state index in [0.717, 1.165) is 17.7 Å². The van der Waals surface area contributed by atoms with Crippen LogP contribution in [0, 0.1) is 11.6 Å². The summed E-state index contributed by atoms with van der Waals surface area (Å²) in [5.41, 5.74) is 0.644. The monoisotopic (exact) mass is 320 g/mol. The lowest BCUT2D eigenvalue weighted by atomic mass is 10.0. The van der Waals surface area contributed by atoms with Crippen LogP contribution in [-0.4, -0.2) is 17.2 Å². The minimum absolute atomic E-state index is 0.111. The van der Waals surface area contributed by atoms with Gasteiger partial charge in [-0.25, -0.2) is 13.6 Å². The van der Waals surface area contributed by atoms with Crippen molar-refractivity contribution in [2.75, 3.05) is 5.32 Å². The van der Waals surface area contributed by atoms with Gasteiger partial charge in [-0.05, 0) is 31.0 Å². The van der Waals surface area contributed by atoms with Crippen LogP contribution in [0.1, 0.15) is 25.0 Å². The molecule has 0 heterocycles. The highest BCUT2D eigenvalue weighted by atomic mass is 19.1. The highest BCUT2D eigenvalue weighted by molar-refractivity contribution is 5.89. The number of nitrogens with one attached hydrogen (secondary N) is 2. The SMILES string of the molecule is CC(CC(O)c1ccccc1)NC(=O)Nc1ccc(F)cc1F. The van der Waals surface area contributed by atoms with Crippen LogP contribution in [0.3, 0.4) is 0 Å². The second kappa shape index (κ2) is 7.69. The Balaban J connectivity index is 1.87. The maximum absolute atomic E-state index is 13.5. The van der Waals surface area contributed by atoms with E-state index < -0.39 is 23.8 Å². The van der Waals surface area contributed by atoms with Crippen LogP contribution < -0.4 is 10.6 Å². The summed E-state index contributed by atoms with van der Waals surface area (Å²) in [6.45, 7) is 1.73. The predicted molar refractivity (Wildman–Crippen MR) is 84.0 cm³/mol. The molecule has 0 saturated heterocycles. The first-order valence-corrected chi connectivity index (χ1v) is 7.21. The molecule has 0 aliphatic rings. The molecule has 3 N–H and O–H groups in total. The highest BCUT2D eigenvalue weighted by Gasteiger charge is 2.15. The number of urea groups is 1. The fraction of sp³-hybridized carbons (Fsp3) is 0.235. The summed E-state index contributed by atoms with van der Waals surface area (Å²) >= 11 is 0. The first kappa shape index (κ1) is 16.9. The van der Waals surface area contributed by atoms with E-state index in [1.165, 1.54) is 0 Å². The molecule has 2 rings (SSSR count). The Morgan fingerprint density at radius 3 is 2.52 bits per heavy atom. The minimum atomic E-state index is -0.850. The molecule has 4 nitrogen and oxygen atoms in total. The summed E-state index contributed by atoms with van der Waals surface area (Å²) in [4.78, 5) is 11.8. The molecule has 2 aromatic rings. The van der Waals surface area contributed by atoms with Crippen LogP contribution in [0.25, 0.3) is 0 Å². The maximum Gasteiger partial charge on any atom is 0.319 e. The lowest BCUT2D eigenvalue weighted by Crippen LogP contribution is -2.37. The standard InChI is InChI=1S/C17H18F2N2O2/c1-11(9-16(22)12-5-3-2-4-6-12)20-17(23)21-15-8-7-13(18)10-14(15)19/h2-8,10-11,16,22H,9H2,1H3,(H2,20,21,23). The zero-order chi connectivity index (χ0) is 16.8. The van der Waals surface area contributed by atoms with E-state index in [1.54, 1.807) is 19.1 Å². The van der Waals surface area contributed by atoms with Gasteiger partial charge in [-0.3, -0.25) is 0 Å². The van der Waals surface area contributed by atoms with Crippen molar-refractivity contribution in [1.29, 1.82) is 0 Å². The van der Waals surface area contributed by atoms with E-state index in [2.05, 4.69) is 10.6 Å². The average Bonchev–Trinajstić information content (AvgIpc) is 2.50. The van der Waals surface area contributed by atoms with Crippen LogP contribution >= 0.6 is 0 Å². The Morgan fingerprint density at radius 1 is 1.17 bits per heavy atom. The number of benzene rings is 2. The molecule has 0 aliphatic carbocycles. The van der Waals surface area contributed by atoms with Gasteiger partial charge < -0.3 is 15.7 Å². The van der Waals surface area contributed by atoms with Crippen molar-refractivity contribution in [2.24, 2.45) is 0 Å². The molecule has 23 heavy (non-hydrogen) atoms. The minimum Gasteiger partial charge on any atom is -0.388 e. The Hall–Kier alpha value is -2.47. The second-order valence-corrected chi connectivity index (χ2v) is 5.29. The number of rotatable bonds is 5. The van der Waals surface area contributed by atoms with Gasteiger partial charge in [0.15, 0.2) is 0 Å². The first-order valence-electron chi connectivity index (χ1n) is 7.21. The summed E-state index contributed by atoms with van der Waals surface area (Å²) in [5.74, 6) is -1.56. The maximum atomic E-state index is 13.5. The number of hydrogen-bond donors (Lipinski definition) is 3. The molecule has 0 spiro atoms. The predicted octanol–water partition coefficient (Wildman–Crippen LogP) is 3.60. The van der Waals surface area contributed by atoms with Crippen LogP contribution in [0.5, 0.6) is 0 Å². The fourth-order valence-electron chi connectivity index (χ4n) is 2.18. The molecule has 2 amide bonds. The van der Waals surface area contributed by atoms with Gasteiger partial charge in [-0.2, -0.15) is 0 Å². The van der Waals surface area contributed by atoms with Gasteiger partial charge in [0, 0.05) is 12.1 Å². The second-order valence-electron chi connectivity index (χ2n) is 5.29. The van der Waals surface area contributed by atoms with Crippen molar-refractivity contribution in [3.8, 4) is 0 Å². The summed E-state index contributed by atoms with van der Waals surface area (Å²) in [6, 6.07) is 11.0. The molecular weight excluding hydrogens is 302 g/mol. The topological polar surface area (TPSA) is 61.4 Å². The lowest BCUT2D eigenvalue weighted by Gasteiger charge is -2.18. The number of aliphatic hydroxyl groups excluding tert-OH is 1. The number of carbonyl (C=O) groups excluding carboxylic acids is 1. The number of carbonyl (C=O) groups is 1. The third-order valence-corrected chi connectivity index (χ3v) is 3.32. The van der Waals surface area contributed by atoms with Gasteiger partial charge in [-0.15, -0.1) is 0 Å². The van der Waals surface area contributed by atoms with E-state index >= 15 is 0 Å². The zero-order valence-corrected chi connectivity index (χ0v) is 12.6. The Morgan fingerprint density at radius 2 is 1.87 bits per heavy atom. The van der Waals surface area contributed by atoms with E-state index in [-0.39, 0.29) is 11.7 Å². The molecule has 0 aliphatic heterocycles. The molecule has 0 fully saturated rings. The van der Waals surface area contributed by atoms with Gasteiger partial charge in [0.25, 0.3) is 0 Å². The Bertz CT molecular complexity index is 665. The fourth-order valence-corrected chi connectivity index (χ4v) is 2.18. The lowest BCUT2D eigenvalue weighted by molar-refractivity contribution is 0.155. The summed E-state index contributed by atoms with van der Waals surface area (Å²) < 4.78 is 26.3. The quantitative estimate of drug-likeness (QED) is 0.788. The van der Waals surface area contributed by atoms with Crippen LogP contribution in [-0.2, 0) is 0 Å². The van der Waals surface area contributed by atoms with Crippen molar-refractivity contribution in [1.82, 2.24) is 5.32 Å². The van der Waals surface area contributed by atoms with E-state index in [0.29, 0.717) is 12.5 Å². The van der Waals surface area contributed by atoms with Crippen molar-refractivity contribution in [3.63, 3.8) is 0 Å². The molecule has 6 heteroatoms. The van der Waals surface area contributed by atoms with Gasteiger partial charge >= 0.3 is 6.03 Å². The molecule has 2 atom stereocenters. The highest BCUT2D eigenvalue weighted by Crippen LogP contribution is 2.18. The van der Waals surface area contributed by atoms with Crippen molar-refractivity contribution in [2.45, 2.75) is 25.5 Å². The molecule has 0 radical (unpaired) electrons. The number of hydrogen-bond acceptors (Lipinski definition) is 2. The molecule has 0 bridgehead atoms. The smallest absolute Gasteiger partial charge is 0.319 e. The molecule has 0 saturated carbocycles. The van der Waals surface area contributed by atoms with Gasteiger partial charge in [0.05, 0.1) is 11.8 Å². The number of amides is 2. The first-order chi connectivity index (χ1) is 11.0. The van der Waals surface area contributed by atoms with Gasteiger partial charge in [0.2, 0.25) is 0 Å². The van der Waals surface area contributed by atoms with Crippen molar-refractivity contribution < 1.29 is 18.7 Å². The van der Waals surface area contributed by atoms with E-state index in [4.69, 9.17) is 0 Å². The zero-order valence-electron chi connectivity index (χ0n) is 12.6. The van der Waals surface area contributed by atoms with E-state index in [9.17, 15) is 18.7 Å². The third-order valence-electron chi connectivity index (χ3n) is 3.32. The summed E-state index contributed by atoms with van der Waals surface area (Å²) in [6.07, 6.45) is -0.405. The summed E-state index contributed by atoms with van der Waals surface area (Å²) in [7, 11) is 0. The van der Waals surface area contributed by atoms with E-state index in [1.807, 2.05) is 18.2 Å². The Kier molecular flexibility index (Phi) is 5.65. The van der Waals surface area contributed by atoms with Crippen molar-refractivity contribution in [3.05, 3.63) is 65.7 Å². The normalized spacial score (nSPS) is 13.2. The van der Waals surface area contributed by atoms with Gasteiger partial charge in [-0.1, -0.05) is 30.3 Å². The third kappa shape index (κ3) is 5.03. The average molecular weight is 320 g/mol. The van der Waals surface area contributed by atoms with Crippen LogP contribution in [0.2, 0.25) is 0 Å². The van der Waals surface area contributed by atoms with Crippen molar-refractivity contribution >= 4 is 11.7 Å². The Labute approximate surface area is 133 Å². The van der Waals surface area contributed by atoms with Crippen LogP contribution in [0.4, 0.5) is 19.3 Å². The molecule has 0 aromatic heterocycles. The summed E-state index contributed by atoms with van der Waals surface area (Å²) in [5, 5.41) is 15.0.